The molecular formula is C18H21N3O3. The Morgan fingerprint density at radius 2 is 2.12 bits per heavy atom. The van der Waals surface area contributed by atoms with Gasteiger partial charge in [0, 0.05) is 18.8 Å². The Kier molecular flexibility index (Phi) is 4.38. The van der Waals surface area contributed by atoms with Crippen LogP contribution in [-0.4, -0.2) is 32.4 Å². The molecule has 126 valence electrons. The standard InChI is InChI=1S/C18H21N3O3/c1-11-12(2)20-17(23)16(19-11)18(24)21(9-13-6-7-13)10-14-4-3-5-15(22)8-14/h3-5,8,13,22H,6-7,9-10H2,1-2H3,(H,20,23). The summed E-state index contributed by atoms with van der Waals surface area (Å²) in [5, 5.41) is 9.62. The number of amides is 1. The van der Waals surface area contributed by atoms with Gasteiger partial charge in [0.05, 0.1) is 5.69 Å². The Balaban J connectivity index is 1.89. The highest BCUT2D eigenvalue weighted by Crippen LogP contribution is 2.30. The summed E-state index contributed by atoms with van der Waals surface area (Å²) in [6, 6.07) is 6.81. The molecule has 1 aromatic carbocycles. The molecule has 0 aliphatic heterocycles. The van der Waals surface area contributed by atoms with Gasteiger partial charge in [-0.1, -0.05) is 12.1 Å². The summed E-state index contributed by atoms with van der Waals surface area (Å²) < 4.78 is 0. The fourth-order valence-corrected chi connectivity index (χ4v) is 2.62. The Morgan fingerprint density at radius 1 is 1.38 bits per heavy atom. The van der Waals surface area contributed by atoms with Gasteiger partial charge < -0.3 is 15.0 Å². The van der Waals surface area contributed by atoms with Gasteiger partial charge in [0.25, 0.3) is 11.5 Å². The zero-order valence-electron chi connectivity index (χ0n) is 13.9. The molecule has 1 amide bonds. The van der Waals surface area contributed by atoms with E-state index >= 15 is 0 Å². The molecule has 0 unspecified atom stereocenters. The zero-order chi connectivity index (χ0) is 17.3. The van der Waals surface area contributed by atoms with Crippen LogP contribution >= 0.6 is 0 Å². The number of benzene rings is 1. The summed E-state index contributed by atoms with van der Waals surface area (Å²) >= 11 is 0. The van der Waals surface area contributed by atoms with Gasteiger partial charge in [-0.3, -0.25) is 9.59 Å². The van der Waals surface area contributed by atoms with Gasteiger partial charge in [0.1, 0.15) is 5.75 Å². The van der Waals surface area contributed by atoms with E-state index in [4.69, 9.17) is 0 Å². The van der Waals surface area contributed by atoms with Crippen LogP contribution in [0, 0.1) is 19.8 Å². The maximum atomic E-state index is 12.9. The summed E-state index contributed by atoms with van der Waals surface area (Å²) in [6.07, 6.45) is 2.20. The van der Waals surface area contributed by atoms with E-state index in [1.54, 1.807) is 36.9 Å². The third-order valence-corrected chi connectivity index (χ3v) is 4.29. The van der Waals surface area contributed by atoms with Crippen LogP contribution in [0.4, 0.5) is 0 Å². The van der Waals surface area contributed by atoms with Crippen molar-refractivity contribution in [3.8, 4) is 5.75 Å². The van der Waals surface area contributed by atoms with Crippen LogP contribution in [-0.2, 0) is 6.54 Å². The predicted molar refractivity (Wildman–Crippen MR) is 89.9 cm³/mol. The molecule has 0 saturated heterocycles. The molecule has 1 aliphatic rings. The number of hydrogen-bond donors (Lipinski definition) is 2. The number of aromatic hydroxyl groups is 1. The molecule has 0 bridgehead atoms. The van der Waals surface area contributed by atoms with Crippen molar-refractivity contribution < 1.29 is 9.90 Å². The number of aryl methyl sites for hydroxylation is 2. The molecule has 6 nitrogen and oxygen atoms in total. The second-order valence-corrected chi connectivity index (χ2v) is 6.42. The number of nitrogens with one attached hydrogen (secondary N) is 1. The van der Waals surface area contributed by atoms with Crippen molar-refractivity contribution in [3.63, 3.8) is 0 Å². The molecule has 2 aromatic rings. The van der Waals surface area contributed by atoms with Crippen molar-refractivity contribution in [2.75, 3.05) is 6.54 Å². The first kappa shape index (κ1) is 16.2. The van der Waals surface area contributed by atoms with Gasteiger partial charge in [-0.05, 0) is 50.3 Å². The molecular weight excluding hydrogens is 306 g/mol. The molecule has 0 radical (unpaired) electrons. The minimum absolute atomic E-state index is 0.0705. The van der Waals surface area contributed by atoms with Crippen molar-refractivity contribution in [2.24, 2.45) is 5.92 Å². The van der Waals surface area contributed by atoms with Crippen LogP contribution in [0.25, 0.3) is 0 Å². The monoisotopic (exact) mass is 327 g/mol. The topological polar surface area (TPSA) is 86.3 Å². The van der Waals surface area contributed by atoms with Crippen LogP contribution < -0.4 is 5.56 Å². The molecule has 1 aromatic heterocycles. The highest BCUT2D eigenvalue weighted by atomic mass is 16.3. The lowest BCUT2D eigenvalue weighted by molar-refractivity contribution is 0.0726. The maximum absolute atomic E-state index is 12.9. The lowest BCUT2D eigenvalue weighted by Gasteiger charge is -2.22. The van der Waals surface area contributed by atoms with Gasteiger partial charge in [0.2, 0.25) is 0 Å². The fraction of sp³-hybridized carbons (Fsp3) is 0.389. The quantitative estimate of drug-likeness (QED) is 0.881. The summed E-state index contributed by atoms with van der Waals surface area (Å²) in [5.74, 6) is 0.278. The number of rotatable bonds is 5. The molecule has 1 heterocycles. The molecule has 1 fully saturated rings. The van der Waals surface area contributed by atoms with Gasteiger partial charge in [0.15, 0.2) is 5.69 Å². The zero-order valence-corrected chi connectivity index (χ0v) is 13.9. The number of carbonyl (C=O) groups excluding carboxylic acids is 1. The SMILES string of the molecule is Cc1nc(C(=O)N(Cc2cccc(O)c2)CC2CC2)c(=O)[nH]c1C. The predicted octanol–water partition coefficient (Wildman–Crippen LogP) is 2.14. The number of aromatic amines is 1. The highest BCUT2D eigenvalue weighted by molar-refractivity contribution is 5.92. The Bertz CT molecular complexity index is 824. The highest BCUT2D eigenvalue weighted by Gasteiger charge is 2.29. The average molecular weight is 327 g/mol. The number of H-pyrrole nitrogens is 1. The van der Waals surface area contributed by atoms with E-state index in [9.17, 15) is 14.7 Å². The summed E-state index contributed by atoms with van der Waals surface area (Å²) in [7, 11) is 0. The Morgan fingerprint density at radius 3 is 2.79 bits per heavy atom. The van der Waals surface area contributed by atoms with E-state index in [1.807, 2.05) is 6.07 Å². The molecule has 1 saturated carbocycles. The molecule has 0 atom stereocenters. The lowest BCUT2D eigenvalue weighted by Crippen LogP contribution is -2.37. The maximum Gasteiger partial charge on any atom is 0.279 e. The van der Waals surface area contributed by atoms with Gasteiger partial charge in [-0.25, -0.2) is 4.98 Å². The summed E-state index contributed by atoms with van der Waals surface area (Å²) in [6.45, 7) is 4.47. The minimum atomic E-state index is -0.459. The van der Waals surface area contributed by atoms with E-state index < -0.39 is 5.56 Å². The summed E-state index contributed by atoms with van der Waals surface area (Å²) in [5.41, 5.74) is 1.60. The van der Waals surface area contributed by atoms with E-state index in [0.29, 0.717) is 30.4 Å². The first-order chi connectivity index (χ1) is 11.4. The largest absolute Gasteiger partial charge is 0.508 e. The van der Waals surface area contributed by atoms with Crippen molar-refractivity contribution in [2.45, 2.75) is 33.2 Å². The molecule has 0 spiro atoms. The second-order valence-electron chi connectivity index (χ2n) is 6.42. The molecule has 3 rings (SSSR count). The van der Waals surface area contributed by atoms with E-state index in [-0.39, 0.29) is 17.4 Å². The van der Waals surface area contributed by atoms with Crippen LogP contribution in [0.5, 0.6) is 5.75 Å². The Hall–Kier alpha value is -2.63. The number of aromatic nitrogens is 2. The molecule has 6 heteroatoms. The van der Waals surface area contributed by atoms with E-state index in [0.717, 1.165) is 18.4 Å². The first-order valence-electron chi connectivity index (χ1n) is 8.08. The summed E-state index contributed by atoms with van der Waals surface area (Å²) in [4.78, 5) is 33.5. The van der Waals surface area contributed by atoms with Crippen molar-refractivity contribution in [1.29, 1.82) is 0 Å². The number of carbonyl (C=O) groups is 1. The third kappa shape index (κ3) is 3.64. The van der Waals surface area contributed by atoms with Crippen molar-refractivity contribution in [3.05, 3.63) is 57.3 Å². The second kappa shape index (κ2) is 6.47. The fourth-order valence-electron chi connectivity index (χ4n) is 2.62. The van der Waals surface area contributed by atoms with Crippen LogP contribution in [0.15, 0.2) is 29.1 Å². The number of phenolic OH excluding ortho intramolecular Hbond substituents is 1. The van der Waals surface area contributed by atoms with E-state index in [2.05, 4.69) is 9.97 Å². The smallest absolute Gasteiger partial charge is 0.279 e. The number of nitrogens with zero attached hydrogens (tertiary/aromatic N) is 2. The number of phenols is 1. The van der Waals surface area contributed by atoms with Crippen LogP contribution in [0.1, 0.15) is 40.3 Å². The lowest BCUT2D eigenvalue weighted by atomic mass is 10.2. The normalized spacial score (nSPS) is 13.8. The Labute approximate surface area is 140 Å². The average Bonchev–Trinajstić information content (AvgIpc) is 3.34. The molecule has 24 heavy (non-hydrogen) atoms. The molecule has 2 N–H and O–H groups in total. The van der Waals surface area contributed by atoms with Gasteiger partial charge in [-0.15, -0.1) is 0 Å². The van der Waals surface area contributed by atoms with Crippen LogP contribution in [0.2, 0.25) is 0 Å². The van der Waals surface area contributed by atoms with Gasteiger partial charge >= 0.3 is 0 Å². The first-order valence-corrected chi connectivity index (χ1v) is 8.08. The van der Waals surface area contributed by atoms with Crippen molar-refractivity contribution in [1.82, 2.24) is 14.9 Å². The molecule has 1 aliphatic carbocycles. The minimum Gasteiger partial charge on any atom is -0.508 e. The van der Waals surface area contributed by atoms with Gasteiger partial charge in [-0.2, -0.15) is 0 Å². The van der Waals surface area contributed by atoms with Crippen LogP contribution in [0.3, 0.4) is 0 Å². The van der Waals surface area contributed by atoms with Crippen molar-refractivity contribution >= 4 is 5.91 Å². The third-order valence-electron chi connectivity index (χ3n) is 4.29. The van der Waals surface area contributed by atoms with E-state index in [1.165, 1.54) is 0 Å². The number of hydrogen-bond acceptors (Lipinski definition) is 4.